The molecule has 1 amide bonds. The lowest BCUT2D eigenvalue weighted by Gasteiger charge is -2.06. The zero-order chi connectivity index (χ0) is 15.6. The highest BCUT2D eigenvalue weighted by molar-refractivity contribution is 6.04. The normalized spacial score (nSPS) is 10.8. The van der Waals surface area contributed by atoms with Gasteiger partial charge in [0.2, 0.25) is 0 Å². The van der Waals surface area contributed by atoms with Crippen molar-refractivity contribution in [1.82, 2.24) is 19.4 Å². The third-order valence-corrected chi connectivity index (χ3v) is 3.57. The van der Waals surface area contributed by atoms with Crippen LogP contribution < -0.4 is 5.32 Å². The number of rotatable bonds is 3. The molecular formula is C17H13N5O. The van der Waals surface area contributed by atoms with E-state index in [4.69, 9.17) is 0 Å². The van der Waals surface area contributed by atoms with Crippen molar-refractivity contribution in [2.45, 2.75) is 0 Å². The maximum absolute atomic E-state index is 12.3. The van der Waals surface area contributed by atoms with E-state index in [1.54, 1.807) is 30.9 Å². The molecule has 4 aromatic rings. The first-order valence-corrected chi connectivity index (χ1v) is 7.13. The van der Waals surface area contributed by atoms with Crippen LogP contribution in [0.25, 0.3) is 17.0 Å². The molecule has 0 unspecified atom stereocenters. The highest BCUT2D eigenvalue weighted by Gasteiger charge is 2.08. The number of carbonyl (C=O) groups is 1. The van der Waals surface area contributed by atoms with Crippen molar-refractivity contribution >= 4 is 17.2 Å². The van der Waals surface area contributed by atoms with Crippen molar-refractivity contribution in [3.8, 4) is 11.4 Å². The SMILES string of the molecule is O=C(Nc1ccc(-c2ncc[nH]2)cc1)c1ccc2nccn2c1. The summed E-state index contributed by atoms with van der Waals surface area (Å²) in [4.78, 5) is 23.7. The molecule has 0 aliphatic carbocycles. The van der Waals surface area contributed by atoms with E-state index in [1.165, 1.54) is 0 Å². The van der Waals surface area contributed by atoms with Gasteiger partial charge in [-0.05, 0) is 36.4 Å². The number of hydrogen-bond donors (Lipinski definition) is 2. The largest absolute Gasteiger partial charge is 0.345 e. The smallest absolute Gasteiger partial charge is 0.257 e. The predicted octanol–water partition coefficient (Wildman–Crippen LogP) is 2.98. The lowest BCUT2D eigenvalue weighted by molar-refractivity contribution is 0.102. The number of pyridine rings is 1. The van der Waals surface area contributed by atoms with Crippen molar-refractivity contribution in [1.29, 1.82) is 0 Å². The van der Waals surface area contributed by atoms with Gasteiger partial charge in [-0.2, -0.15) is 0 Å². The molecule has 6 heteroatoms. The van der Waals surface area contributed by atoms with E-state index in [9.17, 15) is 4.79 Å². The first-order valence-electron chi connectivity index (χ1n) is 7.13. The Hall–Kier alpha value is -3.41. The number of fused-ring (bicyclic) bond motifs is 1. The van der Waals surface area contributed by atoms with Crippen molar-refractivity contribution in [2.24, 2.45) is 0 Å². The molecule has 6 nitrogen and oxygen atoms in total. The molecule has 0 saturated carbocycles. The van der Waals surface area contributed by atoms with Crippen molar-refractivity contribution < 1.29 is 4.79 Å². The van der Waals surface area contributed by atoms with Crippen LogP contribution in [0.1, 0.15) is 10.4 Å². The Kier molecular flexibility index (Phi) is 3.12. The first-order chi connectivity index (χ1) is 11.3. The van der Waals surface area contributed by atoms with Gasteiger partial charge >= 0.3 is 0 Å². The fourth-order valence-electron chi connectivity index (χ4n) is 2.39. The molecule has 3 aromatic heterocycles. The quantitative estimate of drug-likeness (QED) is 0.611. The van der Waals surface area contributed by atoms with Crippen LogP contribution in [0.15, 0.2) is 67.4 Å². The van der Waals surface area contributed by atoms with E-state index >= 15 is 0 Å². The van der Waals surface area contributed by atoms with E-state index in [0.29, 0.717) is 5.56 Å². The molecule has 0 aliphatic heterocycles. The summed E-state index contributed by atoms with van der Waals surface area (Å²) in [5.41, 5.74) is 3.08. The molecule has 112 valence electrons. The number of carbonyl (C=O) groups excluding carboxylic acids is 1. The van der Waals surface area contributed by atoms with Gasteiger partial charge in [-0.25, -0.2) is 9.97 Å². The van der Waals surface area contributed by atoms with Crippen LogP contribution in [-0.4, -0.2) is 25.3 Å². The molecule has 4 rings (SSSR count). The maximum atomic E-state index is 12.3. The van der Waals surface area contributed by atoms with Gasteiger partial charge in [0.15, 0.2) is 0 Å². The molecule has 0 fully saturated rings. The summed E-state index contributed by atoms with van der Waals surface area (Å²) in [6, 6.07) is 11.1. The summed E-state index contributed by atoms with van der Waals surface area (Å²) in [5, 5.41) is 2.88. The molecule has 0 aliphatic rings. The number of aromatic amines is 1. The van der Waals surface area contributed by atoms with Crippen LogP contribution in [0.4, 0.5) is 5.69 Å². The fourth-order valence-corrected chi connectivity index (χ4v) is 2.39. The van der Waals surface area contributed by atoms with Crippen LogP contribution in [-0.2, 0) is 0 Å². The Bertz CT molecular complexity index is 954. The van der Waals surface area contributed by atoms with Gasteiger partial charge in [0.1, 0.15) is 11.5 Å². The second kappa shape index (κ2) is 5.42. The third-order valence-electron chi connectivity index (χ3n) is 3.57. The Morgan fingerprint density at radius 2 is 1.91 bits per heavy atom. The summed E-state index contributed by atoms with van der Waals surface area (Å²) >= 11 is 0. The predicted molar refractivity (Wildman–Crippen MR) is 87.2 cm³/mol. The Labute approximate surface area is 131 Å². The molecule has 1 aromatic carbocycles. The molecular weight excluding hydrogens is 290 g/mol. The highest BCUT2D eigenvalue weighted by atomic mass is 16.1. The highest BCUT2D eigenvalue weighted by Crippen LogP contribution is 2.18. The molecule has 0 saturated heterocycles. The number of benzene rings is 1. The number of imidazole rings is 2. The van der Waals surface area contributed by atoms with Gasteiger partial charge in [0.25, 0.3) is 5.91 Å². The van der Waals surface area contributed by atoms with Gasteiger partial charge in [-0.15, -0.1) is 0 Å². The number of H-pyrrole nitrogens is 1. The second-order valence-corrected chi connectivity index (χ2v) is 5.08. The minimum atomic E-state index is -0.161. The molecule has 3 heterocycles. The lowest BCUT2D eigenvalue weighted by Crippen LogP contribution is -2.12. The van der Waals surface area contributed by atoms with Gasteiger partial charge in [0.05, 0.1) is 5.56 Å². The standard InChI is InChI=1S/C17H13N5O/c23-17(13-3-6-15-18-9-10-22(15)11-13)21-14-4-1-12(2-5-14)16-19-7-8-20-16/h1-11H,(H,19,20)(H,21,23). The van der Waals surface area contributed by atoms with E-state index < -0.39 is 0 Å². The van der Waals surface area contributed by atoms with Crippen molar-refractivity contribution in [3.05, 3.63) is 72.9 Å². The van der Waals surface area contributed by atoms with E-state index in [1.807, 2.05) is 40.9 Å². The monoisotopic (exact) mass is 303 g/mol. The summed E-state index contributed by atoms with van der Waals surface area (Å²) < 4.78 is 1.81. The molecule has 2 N–H and O–H groups in total. The summed E-state index contributed by atoms with van der Waals surface area (Å²) in [7, 11) is 0. The fraction of sp³-hybridized carbons (Fsp3) is 0. The van der Waals surface area contributed by atoms with E-state index in [0.717, 1.165) is 22.7 Å². The van der Waals surface area contributed by atoms with Crippen LogP contribution in [0, 0.1) is 0 Å². The lowest BCUT2D eigenvalue weighted by atomic mass is 10.2. The Morgan fingerprint density at radius 3 is 2.70 bits per heavy atom. The molecule has 0 atom stereocenters. The van der Waals surface area contributed by atoms with Gasteiger partial charge in [-0.1, -0.05) is 0 Å². The minimum Gasteiger partial charge on any atom is -0.345 e. The molecule has 23 heavy (non-hydrogen) atoms. The van der Waals surface area contributed by atoms with Crippen LogP contribution in [0.2, 0.25) is 0 Å². The van der Waals surface area contributed by atoms with Gasteiger partial charge in [-0.3, -0.25) is 4.79 Å². The molecule has 0 bridgehead atoms. The number of amides is 1. The average molecular weight is 303 g/mol. The average Bonchev–Trinajstić information content (AvgIpc) is 3.26. The Balaban J connectivity index is 1.53. The number of anilines is 1. The summed E-state index contributed by atoms with van der Waals surface area (Å²) in [6.45, 7) is 0. The summed E-state index contributed by atoms with van der Waals surface area (Å²) in [5.74, 6) is 0.639. The summed E-state index contributed by atoms with van der Waals surface area (Å²) in [6.07, 6.45) is 8.75. The number of nitrogens with one attached hydrogen (secondary N) is 2. The first kappa shape index (κ1) is 13.3. The van der Waals surface area contributed by atoms with Gasteiger partial charge < -0.3 is 14.7 Å². The third kappa shape index (κ3) is 2.57. The van der Waals surface area contributed by atoms with Crippen LogP contribution in [0.5, 0.6) is 0 Å². The number of nitrogens with zero attached hydrogens (tertiary/aromatic N) is 3. The van der Waals surface area contributed by atoms with Crippen LogP contribution in [0.3, 0.4) is 0 Å². The maximum Gasteiger partial charge on any atom is 0.257 e. The molecule has 0 spiro atoms. The minimum absolute atomic E-state index is 0.161. The van der Waals surface area contributed by atoms with E-state index in [2.05, 4.69) is 20.3 Å². The zero-order valence-corrected chi connectivity index (χ0v) is 12.1. The van der Waals surface area contributed by atoms with Crippen molar-refractivity contribution in [3.63, 3.8) is 0 Å². The second-order valence-electron chi connectivity index (χ2n) is 5.08. The van der Waals surface area contributed by atoms with Gasteiger partial charge in [0, 0.05) is 42.2 Å². The van der Waals surface area contributed by atoms with Crippen molar-refractivity contribution in [2.75, 3.05) is 5.32 Å². The number of aromatic nitrogens is 4. The Morgan fingerprint density at radius 1 is 1.04 bits per heavy atom. The number of hydrogen-bond acceptors (Lipinski definition) is 3. The zero-order valence-electron chi connectivity index (χ0n) is 12.1. The topological polar surface area (TPSA) is 75.1 Å². The van der Waals surface area contributed by atoms with E-state index in [-0.39, 0.29) is 5.91 Å². The molecule has 0 radical (unpaired) electrons. The van der Waals surface area contributed by atoms with Crippen LogP contribution >= 0.6 is 0 Å².